The molecule has 1 saturated carbocycles. The van der Waals surface area contributed by atoms with E-state index in [-0.39, 0.29) is 11.8 Å². The molecule has 0 atom stereocenters. The summed E-state index contributed by atoms with van der Waals surface area (Å²) in [5.74, 6) is 0.213. The van der Waals surface area contributed by atoms with Gasteiger partial charge in [-0.1, -0.05) is 25.7 Å². The zero-order valence-corrected chi connectivity index (χ0v) is 13.9. The molecule has 0 bridgehead atoms. The van der Waals surface area contributed by atoms with Crippen molar-refractivity contribution >= 4 is 17.3 Å². The van der Waals surface area contributed by atoms with Crippen LogP contribution in [0, 0.1) is 5.92 Å². The summed E-state index contributed by atoms with van der Waals surface area (Å²) in [6.45, 7) is 1.39. The van der Waals surface area contributed by atoms with Crippen molar-refractivity contribution in [2.75, 3.05) is 23.8 Å². The van der Waals surface area contributed by atoms with Crippen molar-refractivity contribution in [2.45, 2.75) is 57.4 Å². The molecule has 0 aromatic heterocycles. The lowest BCUT2D eigenvalue weighted by Gasteiger charge is -2.21. The lowest BCUT2D eigenvalue weighted by molar-refractivity contribution is -0.122. The number of hydrogen-bond donors (Lipinski definition) is 2. The minimum absolute atomic E-state index is 0.0903. The third-order valence-corrected chi connectivity index (χ3v) is 4.97. The predicted octanol–water partition coefficient (Wildman–Crippen LogP) is 4.19. The van der Waals surface area contributed by atoms with Gasteiger partial charge in [0, 0.05) is 36.5 Å². The zero-order valence-electron chi connectivity index (χ0n) is 13.9. The number of benzene rings is 1. The molecule has 2 aliphatic rings. The van der Waals surface area contributed by atoms with E-state index in [1.165, 1.54) is 38.5 Å². The Labute approximate surface area is 139 Å². The summed E-state index contributed by atoms with van der Waals surface area (Å²) >= 11 is 0. The van der Waals surface area contributed by atoms with Crippen molar-refractivity contribution in [1.29, 1.82) is 0 Å². The fraction of sp³-hybridized carbons (Fsp3) is 0.632. The molecule has 1 aliphatic heterocycles. The first kappa shape index (κ1) is 16.3. The number of carbonyl (C=O) groups excluding carboxylic acids is 1. The molecular formula is C19H28N2O2. The van der Waals surface area contributed by atoms with Crippen LogP contribution in [-0.4, -0.2) is 25.2 Å². The Hall–Kier alpha value is -1.55. The molecule has 1 heterocycles. The van der Waals surface area contributed by atoms with E-state index in [1.54, 1.807) is 0 Å². The van der Waals surface area contributed by atoms with Gasteiger partial charge in [0.1, 0.15) is 0 Å². The van der Waals surface area contributed by atoms with Gasteiger partial charge in [0.2, 0.25) is 5.91 Å². The van der Waals surface area contributed by atoms with Crippen LogP contribution in [0.3, 0.4) is 0 Å². The molecule has 0 radical (unpaired) electrons. The van der Waals surface area contributed by atoms with Crippen molar-refractivity contribution in [1.82, 2.24) is 0 Å². The first-order chi connectivity index (χ1) is 11.3. The lowest BCUT2D eigenvalue weighted by atomic mass is 9.99. The molecule has 2 N–H and O–H groups in total. The third-order valence-electron chi connectivity index (χ3n) is 4.97. The Morgan fingerprint density at radius 3 is 2.13 bits per heavy atom. The maximum Gasteiger partial charge on any atom is 0.227 e. The van der Waals surface area contributed by atoms with E-state index in [4.69, 9.17) is 4.74 Å². The average Bonchev–Trinajstić information content (AvgIpc) is 2.86. The van der Waals surface area contributed by atoms with Gasteiger partial charge in [0.15, 0.2) is 0 Å². The van der Waals surface area contributed by atoms with Crippen LogP contribution in [-0.2, 0) is 9.53 Å². The summed E-state index contributed by atoms with van der Waals surface area (Å²) in [6, 6.07) is 8.74. The monoisotopic (exact) mass is 316 g/mol. The summed E-state index contributed by atoms with van der Waals surface area (Å²) in [5, 5.41) is 6.67. The van der Waals surface area contributed by atoms with E-state index < -0.39 is 0 Å². The first-order valence-electron chi connectivity index (χ1n) is 9.06. The molecule has 126 valence electrons. The van der Waals surface area contributed by atoms with Crippen LogP contribution in [0.15, 0.2) is 24.3 Å². The van der Waals surface area contributed by atoms with Crippen molar-refractivity contribution in [3.63, 3.8) is 0 Å². The normalized spacial score (nSPS) is 20.7. The largest absolute Gasteiger partial charge is 0.382 e. The third kappa shape index (κ3) is 4.96. The van der Waals surface area contributed by atoms with Gasteiger partial charge in [-0.25, -0.2) is 0 Å². The topological polar surface area (TPSA) is 50.4 Å². The van der Waals surface area contributed by atoms with Crippen LogP contribution < -0.4 is 10.6 Å². The average molecular weight is 316 g/mol. The first-order valence-corrected chi connectivity index (χ1v) is 9.06. The molecule has 1 aromatic rings. The van der Waals surface area contributed by atoms with Crippen LogP contribution in [0.25, 0.3) is 0 Å². The standard InChI is InChI=1S/C19H28N2O2/c22-19(15-11-13-23-14-12-15)21-18-9-7-17(8-10-18)20-16-5-3-1-2-4-6-16/h7-10,15-16,20H,1-6,11-14H2,(H,21,22). The van der Waals surface area contributed by atoms with Gasteiger partial charge in [-0.2, -0.15) is 0 Å². The number of ether oxygens (including phenoxy) is 1. The highest BCUT2D eigenvalue weighted by Crippen LogP contribution is 2.23. The molecule has 1 saturated heterocycles. The summed E-state index contributed by atoms with van der Waals surface area (Å²) in [5.41, 5.74) is 2.04. The summed E-state index contributed by atoms with van der Waals surface area (Å²) in [7, 11) is 0. The van der Waals surface area contributed by atoms with Crippen LogP contribution in [0.5, 0.6) is 0 Å². The molecule has 4 nitrogen and oxygen atoms in total. The lowest BCUT2D eigenvalue weighted by Crippen LogP contribution is -2.28. The van der Waals surface area contributed by atoms with E-state index in [1.807, 2.05) is 12.1 Å². The minimum Gasteiger partial charge on any atom is -0.382 e. The number of hydrogen-bond acceptors (Lipinski definition) is 3. The van der Waals surface area contributed by atoms with Crippen molar-refractivity contribution in [3.05, 3.63) is 24.3 Å². The van der Waals surface area contributed by atoms with E-state index in [9.17, 15) is 4.79 Å². The van der Waals surface area contributed by atoms with E-state index >= 15 is 0 Å². The Morgan fingerprint density at radius 1 is 0.870 bits per heavy atom. The highest BCUT2D eigenvalue weighted by molar-refractivity contribution is 5.92. The summed E-state index contributed by atoms with van der Waals surface area (Å²) in [4.78, 5) is 12.2. The van der Waals surface area contributed by atoms with Crippen molar-refractivity contribution in [3.8, 4) is 0 Å². The second-order valence-corrected chi connectivity index (χ2v) is 6.79. The van der Waals surface area contributed by atoms with E-state index in [0.717, 1.165) is 24.2 Å². The molecule has 1 amide bonds. The molecule has 0 spiro atoms. The van der Waals surface area contributed by atoms with Gasteiger partial charge >= 0.3 is 0 Å². The quantitative estimate of drug-likeness (QED) is 0.819. The predicted molar refractivity (Wildman–Crippen MR) is 93.7 cm³/mol. The SMILES string of the molecule is O=C(Nc1ccc(NC2CCCCCC2)cc1)C1CCOCC1. The second-order valence-electron chi connectivity index (χ2n) is 6.79. The Balaban J connectivity index is 1.51. The van der Waals surface area contributed by atoms with Gasteiger partial charge < -0.3 is 15.4 Å². The van der Waals surface area contributed by atoms with Crippen molar-refractivity contribution in [2.24, 2.45) is 5.92 Å². The van der Waals surface area contributed by atoms with Crippen LogP contribution in [0.4, 0.5) is 11.4 Å². The Bertz CT molecular complexity index is 487. The molecule has 1 aliphatic carbocycles. The Kier molecular flexibility index (Phi) is 5.92. The van der Waals surface area contributed by atoms with E-state index in [2.05, 4.69) is 22.8 Å². The highest BCUT2D eigenvalue weighted by atomic mass is 16.5. The van der Waals surface area contributed by atoms with Gasteiger partial charge in [0.05, 0.1) is 0 Å². The molecule has 3 rings (SSSR count). The second kappa shape index (κ2) is 8.34. The molecule has 0 unspecified atom stereocenters. The van der Waals surface area contributed by atoms with Crippen molar-refractivity contribution < 1.29 is 9.53 Å². The number of nitrogens with one attached hydrogen (secondary N) is 2. The number of anilines is 2. The van der Waals surface area contributed by atoms with Crippen LogP contribution in [0.1, 0.15) is 51.4 Å². The molecule has 2 fully saturated rings. The molecule has 1 aromatic carbocycles. The van der Waals surface area contributed by atoms with Crippen LogP contribution >= 0.6 is 0 Å². The fourth-order valence-corrected chi connectivity index (χ4v) is 3.51. The number of rotatable bonds is 4. The van der Waals surface area contributed by atoms with Gasteiger partial charge in [-0.3, -0.25) is 4.79 Å². The van der Waals surface area contributed by atoms with Gasteiger partial charge in [0.25, 0.3) is 0 Å². The minimum atomic E-state index is 0.0903. The smallest absolute Gasteiger partial charge is 0.227 e. The summed E-state index contributed by atoms with van der Waals surface area (Å²) < 4.78 is 5.31. The molecule has 23 heavy (non-hydrogen) atoms. The summed E-state index contributed by atoms with van der Waals surface area (Å²) in [6.07, 6.45) is 9.59. The fourth-order valence-electron chi connectivity index (χ4n) is 3.51. The zero-order chi connectivity index (χ0) is 15.9. The van der Waals surface area contributed by atoms with Gasteiger partial charge in [-0.05, 0) is 49.9 Å². The number of amides is 1. The highest BCUT2D eigenvalue weighted by Gasteiger charge is 2.21. The maximum absolute atomic E-state index is 12.2. The van der Waals surface area contributed by atoms with E-state index in [0.29, 0.717) is 19.3 Å². The molecule has 4 heteroatoms. The number of carbonyl (C=O) groups is 1. The Morgan fingerprint density at radius 2 is 1.48 bits per heavy atom. The van der Waals surface area contributed by atoms with Crippen LogP contribution in [0.2, 0.25) is 0 Å². The van der Waals surface area contributed by atoms with Gasteiger partial charge in [-0.15, -0.1) is 0 Å². The maximum atomic E-state index is 12.2. The molecular weight excluding hydrogens is 288 g/mol.